The highest BCUT2D eigenvalue weighted by molar-refractivity contribution is 7.17. The third-order valence-corrected chi connectivity index (χ3v) is 8.58. The first-order chi connectivity index (χ1) is 19.2. The van der Waals surface area contributed by atoms with E-state index in [4.69, 9.17) is 4.74 Å². The van der Waals surface area contributed by atoms with Crippen LogP contribution in [0.1, 0.15) is 35.2 Å². The maximum atomic E-state index is 13.1. The summed E-state index contributed by atoms with van der Waals surface area (Å²) in [6.45, 7) is 5.93. The Hall–Kier alpha value is -3.68. The number of benzene rings is 3. The molecule has 1 saturated heterocycles. The molecule has 39 heavy (non-hydrogen) atoms. The van der Waals surface area contributed by atoms with Gasteiger partial charge in [-0.3, -0.25) is 14.5 Å². The summed E-state index contributed by atoms with van der Waals surface area (Å²) >= 11 is 1.81. The number of anilines is 2. The molecule has 2 aliphatic heterocycles. The molecule has 6 rings (SSSR count). The van der Waals surface area contributed by atoms with E-state index in [1.54, 1.807) is 23.5 Å². The number of rotatable bonds is 8. The molecule has 6 nitrogen and oxygen atoms in total. The Bertz CT molecular complexity index is 1460. The molecule has 4 aromatic rings. The highest BCUT2D eigenvalue weighted by Gasteiger charge is 2.30. The quantitative estimate of drug-likeness (QED) is 0.203. The van der Waals surface area contributed by atoms with Crippen LogP contribution in [-0.2, 0) is 11.2 Å². The molecule has 0 N–H and O–H groups in total. The van der Waals surface area contributed by atoms with Crippen LogP contribution in [0.3, 0.4) is 0 Å². The molecule has 0 unspecified atom stereocenters. The van der Waals surface area contributed by atoms with Crippen LogP contribution in [0.2, 0.25) is 0 Å². The number of hydrogen-bond acceptors (Lipinski definition) is 6. The van der Waals surface area contributed by atoms with Crippen molar-refractivity contribution in [2.24, 2.45) is 0 Å². The number of nitrogens with zero attached hydrogens (tertiary/aromatic N) is 3. The van der Waals surface area contributed by atoms with Crippen LogP contribution in [0.25, 0.3) is 10.1 Å². The van der Waals surface area contributed by atoms with Crippen molar-refractivity contribution in [3.63, 3.8) is 0 Å². The average Bonchev–Trinajstić information content (AvgIpc) is 3.47. The van der Waals surface area contributed by atoms with Gasteiger partial charge in [-0.15, -0.1) is 11.3 Å². The summed E-state index contributed by atoms with van der Waals surface area (Å²) in [6, 6.07) is 23.6. The second kappa shape index (κ2) is 11.6. The van der Waals surface area contributed by atoms with Crippen LogP contribution in [0.4, 0.5) is 11.4 Å². The smallest absolute Gasteiger partial charge is 0.265 e. The summed E-state index contributed by atoms with van der Waals surface area (Å²) in [4.78, 5) is 32.3. The molecule has 3 heterocycles. The standard InChI is InChI=1S/C32H33N3O3S/c36-31-14-12-24-11-13-26(23-29(24)35(31)32(37)25-7-2-1-3-8-25)38-21-5-4-16-33-17-19-34(20-18-33)28-9-6-10-30-27(28)15-22-39-30/h1-3,6-11,13,15,22-23H,4-5,12,14,16-21H2. The molecule has 3 aromatic carbocycles. The predicted molar refractivity (Wildman–Crippen MR) is 158 cm³/mol. The van der Waals surface area contributed by atoms with Gasteiger partial charge in [0.05, 0.1) is 12.3 Å². The highest BCUT2D eigenvalue weighted by Crippen LogP contribution is 2.33. The number of hydrogen-bond donors (Lipinski definition) is 0. The lowest BCUT2D eigenvalue weighted by atomic mass is 10.00. The van der Waals surface area contributed by atoms with E-state index in [1.807, 2.05) is 36.4 Å². The van der Waals surface area contributed by atoms with E-state index in [2.05, 4.69) is 39.4 Å². The van der Waals surface area contributed by atoms with Crippen LogP contribution in [0, 0.1) is 0 Å². The van der Waals surface area contributed by atoms with Gasteiger partial charge in [-0.1, -0.05) is 30.3 Å². The van der Waals surface area contributed by atoms with Crippen LogP contribution in [-0.4, -0.2) is 56.0 Å². The zero-order chi connectivity index (χ0) is 26.6. The van der Waals surface area contributed by atoms with Crippen molar-refractivity contribution >= 4 is 44.6 Å². The fourth-order valence-corrected chi connectivity index (χ4v) is 6.37. The van der Waals surface area contributed by atoms with Gasteiger partial charge in [-0.05, 0) is 73.1 Å². The lowest BCUT2D eigenvalue weighted by molar-refractivity contribution is -0.118. The van der Waals surface area contributed by atoms with Crippen LogP contribution < -0.4 is 14.5 Å². The molecule has 1 fully saturated rings. The van der Waals surface area contributed by atoms with Crippen LogP contribution in [0.5, 0.6) is 5.75 Å². The third-order valence-electron chi connectivity index (χ3n) is 7.70. The zero-order valence-corrected chi connectivity index (χ0v) is 22.9. The molecule has 7 heteroatoms. The average molecular weight is 540 g/mol. The Morgan fingerprint density at radius 3 is 2.54 bits per heavy atom. The van der Waals surface area contributed by atoms with E-state index in [1.165, 1.54) is 20.7 Å². The monoisotopic (exact) mass is 539 g/mol. The van der Waals surface area contributed by atoms with E-state index in [0.29, 0.717) is 36.4 Å². The Labute approximate surface area is 233 Å². The molecule has 0 radical (unpaired) electrons. The van der Waals surface area contributed by atoms with Gasteiger partial charge in [-0.2, -0.15) is 0 Å². The lowest BCUT2D eigenvalue weighted by Gasteiger charge is -2.36. The largest absolute Gasteiger partial charge is 0.494 e. The SMILES string of the molecule is O=C1CCc2ccc(OCCCCN3CCN(c4cccc5sccc45)CC3)cc2N1C(=O)c1ccccc1. The van der Waals surface area contributed by atoms with E-state index >= 15 is 0 Å². The molecular weight excluding hydrogens is 506 g/mol. The lowest BCUT2D eigenvalue weighted by Crippen LogP contribution is -2.46. The Morgan fingerprint density at radius 2 is 1.69 bits per heavy atom. The summed E-state index contributed by atoms with van der Waals surface area (Å²) in [5.41, 5.74) is 3.51. The van der Waals surface area contributed by atoms with Gasteiger partial charge in [-0.25, -0.2) is 4.90 Å². The number of aryl methyl sites for hydroxylation is 1. The van der Waals surface area contributed by atoms with Crippen LogP contribution in [0.15, 0.2) is 78.2 Å². The third kappa shape index (κ3) is 5.56. The summed E-state index contributed by atoms with van der Waals surface area (Å²) < 4.78 is 7.42. The van der Waals surface area contributed by atoms with Crippen molar-refractivity contribution in [3.8, 4) is 5.75 Å². The first-order valence-electron chi connectivity index (χ1n) is 13.8. The topological polar surface area (TPSA) is 53.1 Å². The molecule has 0 bridgehead atoms. The number of amides is 2. The van der Waals surface area contributed by atoms with Gasteiger partial charge >= 0.3 is 0 Å². The number of unbranched alkanes of at least 4 members (excludes halogenated alkanes) is 1. The number of carbonyl (C=O) groups is 2. The normalized spacial score (nSPS) is 15.9. The number of thiophene rings is 1. The molecule has 0 aliphatic carbocycles. The molecule has 2 aliphatic rings. The van der Waals surface area contributed by atoms with Crippen molar-refractivity contribution in [1.29, 1.82) is 0 Å². The van der Waals surface area contributed by atoms with Crippen molar-refractivity contribution in [2.75, 3.05) is 49.1 Å². The zero-order valence-electron chi connectivity index (χ0n) is 22.1. The number of ether oxygens (including phenoxy) is 1. The number of piperazine rings is 1. The Balaban J connectivity index is 0.987. The summed E-state index contributed by atoms with van der Waals surface area (Å²) in [6.07, 6.45) is 3.01. The minimum atomic E-state index is -0.286. The fourth-order valence-electron chi connectivity index (χ4n) is 5.57. The first-order valence-corrected chi connectivity index (χ1v) is 14.7. The van der Waals surface area contributed by atoms with Crippen molar-refractivity contribution in [2.45, 2.75) is 25.7 Å². The maximum Gasteiger partial charge on any atom is 0.265 e. The second-order valence-electron chi connectivity index (χ2n) is 10.2. The summed E-state index contributed by atoms with van der Waals surface area (Å²) in [5.74, 6) is 0.247. The predicted octanol–water partition coefficient (Wildman–Crippen LogP) is 6.00. The molecule has 0 spiro atoms. The molecular formula is C32H33N3O3S. The van der Waals surface area contributed by atoms with E-state index in [9.17, 15) is 9.59 Å². The number of carbonyl (C=O) groups excluding carboxylic acids is 2. The minimum Gasteiger partial charge on any atom is -0.494 e. The highest BCUT2D eigenvalue weighted by atomic mass is 32.1. The molecule has 2 amide bonds. The summed E-state index contributed by atoms with van der Waals surface area (Å²) in [7, 11) is 0. The van der Waals surface area contributed by atoms with Crippen LogP contribution >= 0.6 is 11.3 Å². The molecule has 0 atom stereocenters. The van der Waals surface area contributed by atoms with E-state index < -0.39 is 0 Å². The number of fused-ring (bicyclic) bond motifs is 2. The van der Waals surface area contributed by atoms with E-state index in [0.717, 1.165) is 51.1 Å². The molecule has 0 saturated carbocycles. The first kappa shape index (κ1) is 25.6. The van der Waals surface area contributed by atoms with Gasteiger partial charge in [0.2, 0.25) is 5.91 Å². The van der Waals surface area contributed by atoms with Gasteiger partial charge < -0.3 is 9.64 Å². The maximum absolute atomic E-state index is 13.1. The molecule has 200 valence electrons. The fraction of sp³-hybridized carbons (Fsp3) is 0.312. The van der Waals surface area contributed by atoms with Gasteiger partial charge in [0.1, 0.15) is 5.75 Å². The van der Waals surface area contributed by atoms with Crippen molar-refractivity contribution < 1.29 is 14.3 Å². The Morgan fingerprint density at radius 1 is 0.846 bits per heavy atom. The second-order valence-corrected chi connectivity index (χ2v) is 11.1. The van der Waals surface area contributed by atoms with Gasteiger partial charge in [0.25, 0.3) is 5.91 Å². The van der Waals surface area contributed by atoms with Crippen molar-refractivity contribution in [3.05, 3.63) is 89.3 Å². The summed E-state index contributed by atoms with van der Waals surface area (Å²) in [5, 5.41) is 3.54. The molecule has 1 aromatic heterocycles. The van der Waals surface area contributed by atoms with E-state index in [-0.39, 0.29) is 11.8 Å². The van der Waals surface area contributed by atoms with Crippen molar-refractivity contribution in [1.82, 2.24) is 4.90 Å². The van der Waals surface area contributed by atoms with Gasteiger partial charge in [0, 0.05) is 60.0 Å². The van der Waals surface area contributed by atoms with Gasteiger partial charge in [0.15, 0.2) is 0 Å². The Kier molecular flexibility index (Phi) is 7.61. The minimum absolute atomic E-state index is 0.166. The number of imide groups is 1.